The van der Waals surface area contributed by atoms with Gasteiger partial charge in [-0.3, -0.25) is 9.88 Å². The molecular formula is C11H16N2O. The summed E-state index contributed by atoms with van der Waals surface area (Å²) in [5, 5.41) is 8.75. The van der Waals surface area contributed by atoms with Crippen molar-refractivity contribution in [3.63, 3.8) is 0 Å². The molecule has 0 saturated carbocycles. The van der Waals surface area contributed by atoms with Crippen molar-refractivity contribution in [1.82, 2.24) is 9.88 Å². The summed E-state index contributed by atoms with van der Waals surface area (Å²) in [5.74, 6) is 0. The van der Waals surface area contributed by atoms with Gasteiger partial charge in [-0.25, -0.2) is 0 Å². The molecule has 76 valence electrons. The topological polar surface area (TPSA) is 36.4 Å². The molecule has 0 aromatic carbocycles. The molecule has 1 aromatic heterocycles. The number of rotatable bonds is 3. The predicted molar refractivity (Wildman–Crippen MR) is 54.9 cm³/mol. The summed E-state index contributed by atoms with van der Waals surface area (Å²) in [6.45, 7) is 3.34. The van der Waals surface area contributed by atoms with Crippen molar-refractivity contribution in [2.24, 2.45) is 0 Å². The van der Waals surface area contributed by atoms with E-state index in [0.29, 0.717) is 0 Å². The van der Waals surface area contributed by atoms with E-state index in [9.17, 15) is 0 Å². The van der Waals surface area contributed by atoms with E-state index in [4.69, 9.17) is 5.11 Å². The summed E-state index contributed by atoms with van der Waals surface area (Å²) in [5.41, 5.74) is 2.59. The van der Waals surface area contributed by atoms with Crippen LogP contribution in [0.4, 0.5) is 0 Å². The van der Waals surface area contributed by atoms with E-state index < -0.39 is 0 Å². The van der Waals surface area contributed by atoms with Crippen LogP contribution in [0.3, 0.4) is 0 Å². The Bertz CT molecular complexity index is 301. The maximum Gasteiger partial charge on any atom is 0.0461 e. The largest absolute Gasteiger partial charge is 0.396 e. The maximum absolute atomic E-state index is 8.75. The van der Waals surface area contributed by atoms with Crippen LogP contribution in [0.5, 0.6) is 0 Å². The number of pyridine rings is 1. The van der Waals surface area contributed by atoms with Crippen LogP contribution in [0.2, 0.25) is 0 Å². The third-order valence-electron chi connectivity index (χ3n) is 2.68. The standard InChI is InChI=1S/C11H16N2O/c14-8-2-6-13-7-4-11-10(9-13)3-1-5-12-11/h1,3,5,14H,2,4,6-9H2. The fourth-order valence-electron chi connectivity index (χ4n) is 1.91. The zero-order chi connectivity index (χ0) is 9.80. The Kier molecular flexibility index (Phi) is 3.11. The lowest BCUT2D eigenvalue weighted by Crippen LogP contribution is -2.32. The second kappa shape index (κ2) is 4.53. The third kappa shape index (κ3) is 2.11. The molecule has 3 heteroatoms. The number of nitrogens with zero attached hydrogens (tertiary/aromatic N) is 2. The van der Waals surface area contributed by atoms with E-state index in [2.05, 4.69) is 16.0 Å². The smallest absolute Gasteiger partial charge is 0.0461 e. The fourth-order valence-corrected chi connectivity index (χ4v) is 1.91. The average Bonchev–Trinajstić information content (AvgIpc) is 2.26. The molecule has 0 saturated heterocycles. The first-order chi connectivity index (χ1) is 6.90. The molecule has 1 N–H and O–H groups in total. The number of aromatic nitrogens is 1. The van der Waals surface area contributed by atoms with E-state index in [-0.39, 0.29) is 6.61 Å². The molecule has 0 atom stereocenters. The van der Waals surface area contributed by atoms with E-state index in [0.717, 1.165) is 32.5 Å². The fraction of sp³-hybridized carbons (Fsp3) is 0.545. The van der Waals surface area contributed by atoms with Gasteiger partial charge < -0.3 is 5.11 Å². The minimum Gasteiger partial charge on any atom is -0.396 e. The van der Waals surface area contributed by atoms with Gasteiger partial charge in [0.1, 0.15) is 0 Å². The minimum absolute atomic E-state index is 0.288. The summed E-state index contributed by atoms with van der Waals surface area (Å²) < 4.78 is 0. The Morgan fingerprint density at radius 3 is 3.29 bits per heavy atom. The number of fused-ring (bicyclic) bond motifs is 1. The van der Waals surface area contributed by atoms with E-state index in [1.807, 2.05) is 12.3 Å². The highest BCUT2D eigenvalue weighted by molar-refractivity contribution is 5.21. The first kappa shape index (κ1) is 9.62. The molecule has 1 aliphatic rings. The van der Waals surface area contributed by atoms with Gasteiger partial charge in [0, 0.05) is 44.6 Å². The second-order valence-electron chi connectivity index (χ2n) is 3.71. The van der Waals surface area contributed by atoms with E-state index >= 15 is 0 Å². The first-order valence-corrected chi connectivity index (χ1v) is 5.16. The van der Waals surface area contributed by atoms with Crippen molar-refractivity contribution in [2.45, 2.75) is 19.4 Å². The molecule has 0 spiro atoms. The molecule has 0 aliphatic carbocycles. The SMILES string of the molecule is OCCCN1CCc2ncccc2C1. The van der Waals surface area contributed by atoms with Crippen LogP contribution < -0.4 is 0 Å². The molecule has 14 heavy (non-hydrogen) atoms. The summed E-state index contributed by atoms with van der Waals surface area (Å²) in [4.78, 5) is 6.73. The summed E-state index contributed by atoms with van der Waals surface area (Å²) in [7, 11) is 0. The Balaban J connectivity index is 1.99. The molecule has 1 aliphatic heterocycles. The second-order valence-corrected chi connectivity index (χ2v) is 3.71. The van der Waals surface area contributed by atoms with Gasteiger partial charge in [0.15, 0.2) is 0 Å². The molecule has 3 nitrogen and oxygen atoms in total. The Morgan fingerprint density at radius 1 is 1.50 bits per heavy atom. The van der Waals surface area contributed by atoms with Gasteiger partial charge in [-0.2, -0.15) is 0 Å². The molecule has 2 heterocycles. The lowest BCUT2D eigenvalue weighted by Gasteiger charge is -2.27. The molecule has 1 aromatic rings. The Labute approximate surface area is 84.4 Å². The third-order valence-corrected chi connectivity index (χ3v) is 2.68. The zero-order valence-corrected chi connectivity index (χ0v) is 8.32. The van der Waals surface area contributed by atoms with E-state index in [1.54, 1.807) is 0 Å². The van der Waals surface area contributed by atoms with Crippen LogP contribution in [0.15, 0.2) is 18.3 Å². The highest BCUT2D eigenvalue weighted by atomic mass is 16.3. The lowest BCUT2D eigenvalue weighted by molar-refractivity contribution is 0.211. The van der Waals surface area contributed by atoms with Crippen LogP contribution >= 0.6 is 0 Å². The molecule has 0 amide bonds. The maximum atomic E-state index is 8.75. The van der Waals surface area contributed by atoms with Gasteiger partial charge >= 0.3 is 0 Å². The first-order valence-electron chi connectivity index (χ1n) is 5.16. The van der Waals surface area contributed by atoms with Crippen molar-refractivity contribution in [2.75, 3.05) is 19.7 Å². The number of aliphatic hydroxyl groups excluding tert-OH is 1. The summed E-state index contributed by atoms with van der Waals surface area (Å²) in [6.07, 6.45) is 3.78. The van der Waals surface area contributed by atoms with Crippen LogP contribution in [0.1, 0.15) is 17.7 Å². The van der Waals surface area contributed by atoms with Crippen LogP contribution in [0.25, 0.3) is 0 Å². The lowest BCUT2D eigenvalue weighted by atomic mass is 10.1. The number of aliphatic hydroxyl groups is 1. The minimum atomic E-state index is 0.288. The van der Waals surface area contributed by atoms with Crippen molar-refractivity contribution < 1.29 is 5.11 Å². The number of hydrogen-bond acceptors (Lipinski definition) is 3. The highest BCUT2D eigenvalue weighted by Gasteiger charge is 2.15. The van der Waals surface area contributed by atoms with Crippen LogP contribution in [-0.2, 0) is 13.0 Å². The highest BCUT2D eigenvalue weighted by Crippen LogP contribution is 2.15. The van der Waals surface area contributed by atoms with Crippen LogP contribution in [-0.4, -0.2) is 34.7 Å². The molecule has 0 bridgehead atoms. The van der Waals surface area contributed by atoms with Gasteiger partial charge in [0.05, 0.1) is 0 Å². The normalized spacial score (nSPS) is 16.6. The number of hydrogen-bond donors (Lipinski definition) is 1. The van der Waals surface area contributed by atoms with Gasteiger partial charge in [-0.15, -0.1) is 0 Å². The van der Waals surface area contributed by atoms with Gasteiger partial charge in [-0.05, 0) is 18.1 Å². The molecule has 0 fully saturated rings. The van der Waals surface area contributed by atoms with Crippen molar-refractivity contribution in [3.05, 3.63) is 29.6 Å². The van der Waals surface area contributed by atoms with Gasteiger partial charge in [0.2, 0.25) is 0 Å². The van der Waals surface area contributed by atoms with Gasteiger partial charge in [0.25, 0.3) is 0 Å². The Morgan fingerprint density at radius 2 is 2.43 bits per heavy atom. The van der Waals surface area contributed by atoms with Crippen molar-refractivity contribution in [1.29, 1.82) is 0 Å². The van der Waals surface area contributed by atoms with Crippen LogP contribution in [0, 0.1) is 0 Å². The monoisotopic (exact) mass is 192 g/mol. The van der Waals surface area contributed by atoms with Crippen molar-refractivity contribution >= 4 is 0 Å². The summed E-state index contributed by atoms with van der Waals surface area (Å²) in [6, 6.07) is 4.14. The van der Waals surface area contributed by atoms with Crippen molar-refractivity contribution in [3.8, 4) is 0 Å². The predicted octanol–water partition coefficient (Wildman–Crippen LogP) is 0.822. The Hall–Kier alpha value is -0.930. The molecule has 2 rings (SSSR count). The average molecular weight is 192 g/mol. The van der Waals surface area contributed by atoms with E-state index in [1.165, 1.54) is 11.3 Å². The summed E-state index contributed by atoms with van der Waals surface area (Å²) >= 11 is 0. The molecule has 0 unspecified atom stereocenters. The molecule has 0 radical (unpaired) electrons. The quantitative estimate of drug-likeness (QED) is 0.770. The zero-order valence-electron chi connectivity index (χ0n) is 8.32. The van der Waals surface area contributed by atoms with Gasteiger partial charge in [-0.1, -0.05) is 6.07 Å². The molecular weight excluding hydrogens is 176 g/mol.